The minimum Gasteiger partial charge on any atom is -0.481 e. The van der Waals surface area contributed by atoms with Gasteiger partial charge < -0.3 is 19.9 Å². The fraction of sp³-hybridized carbons (Fsp3) is 0.400. The molecule has 0 saturated carbocycles. The molecule has 5 nitrogen and oxygen atoms in total. The third-order valence-electron chi connectivity index (χ3n) is 3.81. The monoisotopic (exact) mass is 311 g/mol. The Bertz CT molecular complexity index is 618. The number of benzene rings is 1. The van der Waals surface area contributed by atoms with Gasteiger partial charge >= 0.3 is 12.3 Å². The average molecular weight is 311 g/mol. The summed E-state index contributed by atoms with van der Waals surface area (Å²) in [5.41, 5.74) is 0.508. The molecule has 22 heavy (non-hydrogen) atoms. The summed E-state index contributed by atoms with van der Waals surface area (Å²) in [4.78, 5) is 11.2. The van der Waals surface area contributed by atoms with Crippen LogP contribution in [0.4, 0.5) is 8.78 Å². The molecule has 7 heteroatoms. The predicted octanol–water partition coefficient (Wildman–Crippen LogP) is 2.52. The zero-order valence-electron chi connectivity index (χ0n) is 11.6. The lowest BCUT2D eigenvalue weighted by atomic mass is 9.89. The molecule has 0 radical (unpaired) electrons. The highest BCUT2D eigenvalue weighted by atomic mass is 19.3. The quantitative estimate of drug-likeness (QED) is 0.836. The molecule has 0 aromatic heterocycles. The third kappa shape index (κ3) is 2.89. The van der Waals surface area contributed by atoms with Gasteiger partial charge in [0.25, 0.3) is 0 Å². The molecule has 0 spiro atoms. The highest BCUT2D eigenvalue weighted by molar-refractivity contribution is 5.71. The molecule has 1 aliphatic carbocycles. The predicted molar refractivity (Wildman–Crippen MR) is 72.8 cm³/mol. The number of rotatable bonds is 4. The molecule has 3 rings (SSSR count). The van der Waals surface area contributed by atoms with Crippen molar-refractivity contribution in [2.24, 2.45) is 5.92 Å². The van der Waals surface area contributed by atoms with Crippen molar-refractivity contribution >= 4 is 5.97 Å². The van der Waals surface area contributed by atoms with Gasteiger partial charge in [-0.3, -0.25) is 4.79 Å². The molecule has 1 heterocycles. The second kappa shape index (κ2) is 5.57. The molecule has 0 amide bonds. The second-order valence-corrected chi connectivity index (χ2v) is 5.29. The van der Waals surface area contributed by atoms with Crippen LogP contribution in [0.25, 0.3) is 0 Å². The Morgan fingerprint density at radius 3 is 2.86 bits per heavy atom. The first kappa shape index (κ1) is 14.8. The van der Waals surface area contributed by atoms with E-state index in [9.17, 15) is 18.7 Å². The number of ether oxygens (including phenoxy) is 2. The van der Waals surface area contributed by atoms with Crippen LogP contribution < -0.4 is 14.8 Å². The Hall–Kier alpha value is -2.15. The first-order valence-corrected chi connectivity index (χ1v) is 6.95. The zero-order chi connectivity index (χ0) is 15.7. The fourth-order valence-corrected chi connectivity index (χ4v) is 2.72. The Morgan fingerprint density at radius 2 is 2.09 bits per heavy atom. The molecule has 0 unspecified atom stereocenters. The van der Waals surface area contributed by atoms with Crippen LogP contribution in [0, 0.1) is 5.92 Å². The average Bonchev–Trinajstić information content (AvgIpc) is 2.79. The molecule has 1 aromatic carbocycles. The molecule has 0 saturated heterocycles. The van der Waals surface area contributed by atoms with E-state index in [1.807, 2.05) is 12.2 Å². The van der Waals surface area contributed by atoms with E-state index >= 15 is 0 Å². The van der Waals surface area contributed by atoms with E-state index in [0.29, 0.717) is 18.4 Å². The number of aliphatic carboxylic acids is 1. The summed E-state index contributed by atoms with van der Waals surface area (Å²) in [6.07, 6.45) is 1.14. The summed E-state index contributed by atoms with van der Waals surface area (Å²) in [7, 11) is 0. The number of carboxylic acids is 1. The van der Waals surface area contributed by atoms with E-state index in [1.54, 1.807) is 12.1 Å². The van der Waals surface area contributed by atoms with Gasteiger partial charge in [0.1, 0.15) is 0 Å². The topological polar surface area (TPSA) is 67.8 Å². The maximum atomic E-state index is 13.1. The van der Waals surface area contributed by atoms with Gasteiger partial charge in [-0.05, 0) is 18.9 Å². The Balaban J connectivity index is 1.72. The summed E-state index contributed by atoms with van der Waals surface area (Å²) >= 11 is 0. The van der Waals surface area contributed by atoms with Gasteiger partial charge in [-0.1, -0.05) is 24.3 Å². The number of halogens is 2. The lowest BCUT2D eigenvalue weighted by Crippen LogP contribution is -2.40. The third-order valence-corrected chi connectivity index (χ3v) is 3.81. The lowest BCUT2D eigenvalue weighted by Gasteiger charge is -2.26. The van der Waals surface area contributed by atoms with Crippen molar-refractivity contribution in [3.05, 3.63) is 35.9 Å². The number of alkyl halides is 2. The van der Waals surface area contributed by atoms with E-state index in [2.05, 4.69) is 14.8 Å². The van der Waals surface area contributed by atoms with Crippen LogP contribution in [0.1, 0.15) is 18.4 Å². The van der Waals surface area contributed by atoms with E-state index < -0.39 is 18.2 Å². The number of carbonyl (C=O) groups is 1. The molecular formula is C15H15F2NO4. The maximum absolute atomic E-state index is 13.1. The number of allylic oxidation sites excluding steroid dienone is 1. The summed E-state index contributed by atoms with van der Waals surface area (Å²) in [6.45, 7) is 0.227. The molecule has 2 atom stereocenters. The number of hydrogen-bond acceptors (Lipinski definition) is 4. The standard InChI is InChI=1S/C15H15F2NO4/c16-15(17)21-12-7-3-4-9(13(12)22-15)8-18-11-6-2-1-5-10(11)14(19)20/h1-4,7,10-11,18H,5-6,8H2,(H,19,20)/t10-,11+/m1/s1. The van der Waals surface area contributed by atoms with Crippen molar-refractivity contribution in [2.75, 3.05) is 0 Å². The fourth-order valence-electron chi connectivity index (χ4n) is 2.72. The van der Waals surface area contributed by atoms with Crippen LogP contribution in [0.3, 0.4) is 0 Å². The van der Waals surface area contributed by atoms with Crippen LogP contribution in [-0.4, -0.2) is 23.4 Å². The number of para-hydroxylation sites is 1. The smallest absolute Gasteiger partial charge is 0.481 e. The van der Waals surface area contributed by atoms with Crippen LogP contribution in [0.5, 0.6) is 11.5 Å². The van der Waals surface area contributed by atoms with Gasteiger partial charge in [-0.25, -0.2) is 0 Å². The van der Waals surface area contributed by atoms with E-state index in [0.717, 1.165) is 0 Å². The highest BCUT2D eigenvalue weighted by Gasteiger charge is 2.44. The molecule has 0 bridgehead atoms. The van der Waals surface area contributed by atoms with Crippen LogP contribution >= 0.6 is 0 Å². The number of hydrogen-bond donors (Lipinski definition) is 2. The minimum atomic E-state index is -3.66. The van der Waals surface area contributed by atoms with Gasteiger partial charge in [-0.2, -0.15) is 0 Å². The zero-order valence-corrected chi connectivity index (χ0v) is 11.6. The van der Waals surface area contributed by atoms with Crippen molar-refractivity contribution in [1.82, 2.24) is 5.32 Å². The normalized spacial score (nSPS) is 25.2. The minimum absolute atomic E-state index is 0.00164. The Kier molecular flexibility index (Phi) is 3.74. The van der Waals surface area contributed by atoms with Crippen LogP contribution in [0.15, 0.2) is 30.4 Å². The van der Waals surface area contributed by atoms with E-state index in [-0.39, 0.29) is 24.1 Å². The van der Waals surface area contributed by atoms with Crippen molar-refractivity contribution in [3.63, 3.8) is 0 Å². The molecule has 2 N–H and O–H groups in total. The largest absolute Gasteiger partial charge is 0.586 e. The summed E-state index contributed by atoms with van der Waals surface area (Å²) in [6, 6.07) is 4.39. The van der Waals surface area contributed by atoms with E-state index in [4.69, 9.17) is 0 Å². The maximum Gasteiger partial charge on any atom is 0.586 e. The van der Waals surface area contributed by atoms with E-state index in [1.165, 1.54) is 6.07 Å². The van der Waals surface area contributed by atoms with Gasteiger partial charge in [0.2, 0.25) is 0 Å². The van der Waals surface area contributed by atoms with Crippen molar-refractivity contribution < 1.29 is 28.2 Å². The lowest BCUT2D eigenvalue weighted by molar-refractivity contribution is -0.286. The summed E-state index contributed by atoms with van der Waals surface area (Å²) in [5.74, 6) is -1.41. The van der Waals surface area contributed by atoms with Gasteiger partial charge in [-0.15, -0.1) is 8.78 Å². The number of carboxylic acid groups (broad SMARTS) is 1. The van der Waals surface area contributed by atoms with Gasteiger partial charge in [0.05, 0.1) is 5.92 Å². The second-order valence-electron chi connectivity index (χ2n) is 5.29. The number of nitrogens with one attached hydrogen (secondary N) is 1. The molecule has 1 aliphatic heterocycles. The molecule has 0 fully saturated rings. The summed E-state index contributed by atoms with van der Waals surface area (Å²) < 4.78 is 35.2. The highest BCUT2D eigenvalue weighted by Crippen LogP contribution is 2.43. The van der Waals surface area contributed by atoms with Gasteiger partial charge in [0.15, 0.2) is 11.5 Å². The Morgan fingerprint density at radius 1 is 1.32 bits per heavy atom. The van der Waals surface area contributed by atoms with Crippen LogP contribution in [-0.2, 0) is 11.3 Å². The van der Waals surface area contributed by atoms with Crippen molar-refractivity contribution in [2.45, 2.75) is 31.7 Å². The van der Waals surface area contributed by atoms with Crippen LogP contribution in [0.2, 0.25) is 0 Å². The number of fused-ring (bicyclic) bond motifs is 1. The Labute approximate surface area is 125 Å². The first-order chi connectivity index (χ1) is 10.5. The van der Waals surface area contributed by atoms with Crippen molar-refractivity contribution in [3.8, 4) is 11.5 Å². The molecular weight excluding hydrogens is 296 g/mol. The molecule has 1 aromatic rings. The SMILES string of the molecule is O=C(O)[C@@H]1CC=CC[C@@H]1NCc1cccc2c1OC(F)(F)O2. The molecule has 118 valence electrons. The molecule has 2 aliphatic rings. The first-order valence-electron chi connectivity index (χ1n) is 6.95. The van der Waals surface area contributed by atoms with Crippen molar-refractivity contribution in [1.29, 1.82) is 0 Å². The summed E-state index contributed by atoms with van der Waals surface area (Å²) in [5, 5.41) is 12.3. The van der Waals surface area contributed by atoms with Gasteiger partial charge in [0, 0.05) is 18.2 Å².